The zero-order valence-corrected chi connectivity index (χ0v) is 15.0. The third-order valence-electron chi connectivity index (χ3n) is 2.58. The first-order valence-corrected chi connectivity index (χ1v) is 7.17. The highest BCUT2D eigenvalue weighted by molar-refractivity contribution is 14.0. The summed E-state index contributed by atoms with van der Waals surface area (Å²) in [4.78, 5) is 7.82. The quantitative estimate of drug-likeness (QED) is 0.333. The summed E-state index contributed by atoms with van der Waals surface area (Å²) >= 11 is 1.80. The first-order chi connectivity index (χ1) is 8.77. The highest BCUT2D eigenvalue weighted by Crippen LogP contribution is 2.09. The van der Waals surface area contributed by atoms with E-state index in [1.165, 1.54) is 4.88 Å². The van der Waals surface area contributed by atoms with Crippen molar-refractivity contribution in [1.29, 1.82) is 0 Å². The number of halogens is 1. The Labute approximate surface area is 137 Å². The highest BCUT2D eigenvalue weighted by atomic mass is 127. The summed E-state index contributed by atoms with van der Waals surface area (Å²) in [5, 5.41) is 5.40. The molecule has 0 fully saturated rings. The van der Waals surface area contributed by atoms with Crippen molar-refractivity contribution >= 4 is 41.3 Å². The number of thiophene rings is 1. The first kappa shape index (κ1) is 18.7. The Morgan fingerprint density at radius 3 is 2.89 bits per heavy atom. The number of ether oxygens (including phenoxy) is 1. The van der Waals surface area contributed by atoms with Gasteiger partial charge < -0.3 is 15.0 Å². The lowest BCUT2D eigenvalue weighted by molar-refractivity contribution is 0.152. The molecule has 0 aliphatic carbocycles. The molecule has 0 bridgehead atoms. The number of rotatable bonds is 7. The molecule has 19 heavy (non-hydrogen) atoms. The molecule has 6 heteroatoms. The molecule has 0 radical (unpaired) electrons. The molecule has 1 N–H and O–H groups in total. The molecule has 0 unspecified atom stereocenters. The van der Waals surface area contributed by atoms with Crippen LogP contribution in [0.5, 0.6) is 0 Å². The summed E-state index contributed by atoms with van der Waals surface area (Å²) in [5.74, 6) is 0.922. The van der Waals surface area contributed by atoms with Gasteiger partial charge in [0.05, 0.1) is 6.61 Å². The monoisotopic (exact) mass is 397 g/mol. The van der Waals surface area contributed by atoms with Gasteiger partial charge >= 0.3 is 0 Å². The maximum absolute atomic E-state index is 5.29. The minimum atomic E-state index is 0. The number of aliphatic imine (C=N–C) groups is 1. The minimum absolute atomic E-state index is 0. The molecule has 1 heterocycles. The van der Waals surface area contributed by atoms with Gasteiger partial charge in [-0.2, -0.15) is 0 Å². The van der Waals surface area contributed by atoms with Gasteiger partial charge in [0.25, 0.3) is 0 Å². The molecule has 0 aromatic carbocycles. The van der Waals surface area contributed by atoms with Crippen LogP contribution >= 0.6 is 35.3 Å². The number of hydrogen-bond acceptors (Lipinski definition) is 3. The Morgan fingerprint density at radius 2 is 2.32 bits per heavy atom. The predicted molar refractivity (Wildman–Crippen MR) is 93.9 cm³/mol. The van der Waals surface area contributed by atoms with Crippen molar-refractivity contribution in [2.24, 2.45) is 4.99 Å². The van der Waals surface area contributed by atoms with Crippen LogP contribution < -0.4 is 5.32 Å². The van der Waals surface area contributed by atoms with Gasteiger partial charge in [0.15, 0.2) is 5.96 Å². The van der Waals surface area contributed by atoms with Crippen LogP contribution in [-0.4, -0.2) is 51.3 Å². The third-order valence-corrected chi connectivity index (χ3v) is 3.52. The molecule has 0 atom stereocenters. The van der Waals surface area contributed by atoms with Crippen LogP contribution in [-0.2, 0) is 11.2 Å². The van der Waals surface area contributed by atoms with Gasteiger partial charge in [-0.3, -0.25) is 4.99 Å². The van der Waals surface area contributed by atoms with Gasteiger partial charge in [-0.15, -0.1) is 35.3 Å². The molecule has 1 aromatic rings. The molecular formula is C13H24IN3OS. The normalized spacial score (nSPS) is 11.0. The second-order valence-electron chi connectivity index (χ2n) is 3.92. The van der Waals surface area contributed by atoms with E-state index in [0.29, 0.717) is 6.61 Å². The van der Waals surface area contributed by atoms with Crippen molar-refractivity contribution in [3.63, 3.8) is 0 Å². The fourth-order valence-electron chi connectivity index (χ4n) is 1.60. The number of likely N-dealkylation sites (N-methyl/N-ethyl adjacent to an activating group) is 1. The highest BCUT2D eigenvalue weighted by Gasteiger charge is 2.05. The van der Waals surface area contributed by atoms with Crippen LogP contribution in [0.15, 0.2) is 22.5 Å². The molecule has 1 rings (SSSR count). The lowest BCUT2D eigenvalue weighted by Crippen LogP contribution is -2.41. The molecule has 1 aromatic heterocycles. The van der Waals surface area contributed by atoms with Crippen LogP contribution in [0, 0.1) is 0 Å². The molecule has 0 saturated carbocycles. The van der Waals surface area contributed by atoms with Crippen molar-refractivity contribution in [3.8, 4) is 0 Å². The Hall–Kier alpha value is -0.340. The lowest BCUT2D eigenvalue weighted by Gasteiger charge is -2.21. The number of guanidine groups is 1. The van der Waals surface area contributed by atoms with Gasteiger partial charge in [0.2, 0.25) is 0 Å². The van der Waals surface area contributed by atoms with E-state index in [4.69, 9.17) is 4.74 Å². The largest absolute Gasteiger partial charge is 0.380 e. The third kappa shape index (κ3) is 7.74. The molecule has 0 aliphatic heterocycles. The van der Waals surface area contributed by atoms with Crippen LogP contribution in [0.1, 0.15) is 11.8 Å². The van der Waals surface area contributed by atoms with Gasteiger partial charge in [0, 0.05) is 38.7 Å². The van der Waals surface area contributed by atoms with Crippen LogP contribution in [0.25, 0.3) is 0 Å². The van der Waals surface area contributed by atoms with E-state index in [1.807, 2.05) is 14.0 Å². The molecule has 0 saturated heterocycles. The summed E-state index contributed by atoms with van der Waals surface area (Å²) < 4.78 is 5.29. The van der Waals surface area contributed by atoms with Crippen molar-refractivity contribution in [2.75, 3.05) is 40.4 Å². The number of nitrogens with zero attached hydrogens (tertiary/aromatic N) is 2. The van der Waals surface area contributed by atoms with E-state index in [2.05, 4.69) is 39.8 Å². The standard InChI is InChI=1S/C13H23N3OS.HI/c1-4-17-10-8-15-13(14-2)16(3)9-7-12-6-5-11-18-12;/h5-6,11H,4,7-10H2,1-3H3,(H,14,15);1H. The zero-order valence-electron chi connectivity index (χ0n) is 11.9. The second-order valence-corrected chi connectivity index (χ2v) is 4.95. The van der Waals surface area contributed by atoms with E-state index >= 15 is 0 Å². The molecular weight excluding hydrogens is 373 g/mol. The van der Waals surface area contributed by atoms with Crippen molar-refractivity contribution in [3.05, 3.63) is 22.4 Å². The van der Waals surface area contributed by atoms with E-state index in [-0.39, 0.29) is 24.0 Å². The van der Waals surface area contributed by atoms with E-state index in [0.717, 1.165) is 32.1 Å². The van der Waals surface area contributed by atoms with Crippen molar-refractivity contribution in [2.45, 2.75) is 13.3 Å². The fourth-order valence-corrected chi connectivity index (χ4v) is 2.30. The Bertz CT molecular complexity index is 344. The van der Waals surface area contributed by atoms with E-state index in [9.17, 15) is 0 Å². The molecule has 4 nitrogen and oxygen atoms in total. The minimum Gasteiger partial charge on any atom is -0.380 e. The van der Waals surface area contributed by atoms with E-state index < -0.39 is 0 Å². The van der Waals surface area contributed by atoms with Gasteiger partial charge in [-0.25, -0.2) is 0 Å². The number of hydrogen-bond donors (Lipinski definition) is 1. The zero-order chi connectivity index (χ0) is 13.2. The summed E-state index contributed by atoms with van der Waals surface area (Å²) in [6, 6.07) is 4.26. The maximum Gasteiger partial charge on any atom is 0.193 e. The van der Waals surface area contributed by atoms with Gasteiger partial charge in [-0.05, 0) is 24.8 Å². The second kappa shape index (κ2) is 11.5. The lowest BCUT2D eigenvalue weighted by atomic mass is 10.3. The summed E-state index contributed by atoms with van der Waals surface area (Å²) in [5.41, 5.74) is 0. The average Bonchev–Trinajstić information content (AvgIpc) is 2.89. The summed E-state index contributed by atoms with van der Waals surface area (Å²) in [6.45, 7) is 5.24. The maximum atomic E-state index is 5.29. The number of nitrogens with one attached hydrogen (secondary N) is 1. The average molecular weight is 397 g/mol. The summed E-state index contributed by atoms with van der Waals surface area (Å²) in [7, 11) is 3.87. The molecule has 110 valence electrons. The van der Waals surface area contributed by atoms with Crippen molar-refractivity contribution < 1.29 is 4.74 Å². The SMILES string of the molecule is CCOCCNC(=NC)N(C)CCc1cccs1.I. The summed E-state index contributed by atoms with van der Waals surface area (Å²) in [6.07, 6.45) is 1.06. The van der Waals surface area contributed by atoms with Crippen molar-refractivity contribution in [1.82, 2.24) is 10.2 Å². The topological polar surface area (TPSA) is 36.9 Å². The Kier molecular flexibility index (Phi) is 11.3. The van der Waals surface area contributed by atoms with Gasteiger partial charge in [0.1, 0.15) is 0 Å². The molecule has 0 aliphatic rings. The van der Waals surface area contributed by atoms with Crippen LogP contribution in [0.2, 0.25) is 0 Å². The van der Waals surface area contributed by atoms with Crippen LogP contribution in [0.4, 0.5) is 0 Å². The van der Waals surface area contributed by atoms with Gasteiger partial charge in [-0.1, -0.05) is 6.07 Å². The van der Waals surface area contributed by atoms with E-state index in [1.54, 1.807) is 11.3 Å². The van der Waals surface area contributed by atoms with Crippen LogP contribution in [0.3, 0.4) is 0 Å². The smallest absolute Gasteiger partial charge is 0.193 e. The Morgan fingerprint density at radius 1 is 1.53 bits per heavy atom. The fraction of sp³-hybridized carbons (Fsp3) is 0.615. The molecule has 0 amide bonds. The molecule has 0 spiro atoms. The Balaban J connectivity index is 0.00000324. The first-order valence-electron chi connectivity index (χ1n) is 6.29. The predicted octanol–water partition coefficient (Wildman–Crippen LogP) is 2.45.